The van der Waals surface area contributed by atoms with Gasteiger partial charge in [0.15, 0.2) is 11.5 Å². The van der Waals surface area contributed by atoms with E-state index in [1.807, 2.05) is 30.3 Å². The van der Waals surface area contributed by atoms with Gasteiger partial charge in [0.05, 0.1) is 10.0 Å². The van der Waals surface area contributed by atoms with E-state index >= 15 is 0 Å². The van der Waals surface area contributed by atoms with Crippen molar-refractivity contribution in [3.63, 3.8) is 0 Å². The van der Waals surface area contributed by atoms with E-state index in [9.17, 15) is 10.2 Å². The topological polar surface area (TPSA) is 52.5 Å². The number of hydrogen-bond acceptors (Lipinski definition) is 3. The minimum atomic E-state index is -0.344. The molecule has 2 aromatic rings. The Morgan fingerprint density at radius 3 is 2.38 bits per heavy atom. The molecule has 0 radical (unpaired) electrons. The molecule has 0 fully saturated rings. The number of nitrogens with one attached hydrogen (secondary N) is 1. The molecule has 1 heterocycles. The highest BCUT2D eigenvalue weighted by molar-refractivity contribution is 6.37. The maximum absolute atomic E-state index is 10.0. The molecule has 1 unspecified atom stereocenters. The molecule has 0 aromatic heterocycles. The molecular weight excluding hydrogens is 309 g/mol. The first-order valence-corrected chi connectivity index (χ1v) is 7.54. The second-order valence-corrected chi connectivity index (χ2v) is 5.89. The van der Waals surface area contributed by atoms with E-state index in [1.165, 1.54) is 0 Å². The predicted octanol–water partition coefficient (Wildman–Crippen LogP) is 3.68. The van der Waals surface area contributed by atoms with Gasteiger partial charge in [0.1, 0.15) is 0 Å². The molecule has 110 valence electrons. The molecule has 0 saturated heterocycles. The largest absolute Gasteiger partial charge is 0.503 e. The number of phenols is 2. The summed E-state index contributed by atoms with van der Waals surface area (Å²) in [7, 11) is 0. The van der Waals surface area contributed by atoms with Crippen LogP contribution < -0.4 is 5.32 Å². The Labute approximate surface area is 133 Å². The van der Waals surface area contributed by atoms with Gasteiger partial charge in [-0.05, 0) is 29.7 Å². The van der Waals surface area contributed by atoms with Crippen LogP contribution in [0.2, 0.25) is 10.0 Å². The van der Waals surface area contributed by atoms with Crippen molar-refractivity contribution in [3.05, 3.63) is 57.1 Å². The number of rotatable bonds is 1. The quantitative estimate of drug-likeness (QED) is 0.702. The van der Waals surface area contributed by atoms with Crippen molar-refractivity contribution in [3.8, 4) is 11.5 Å². The minimum Gasteiger partial charge on any atom is -0.503 e. The van der Waals surface area contributed by atoms with Crippen LogP contribution in [0.3, 0.4) is 0 Å². The van der Waals surface area contributed by atoms with Crippen molar-refractivity contribution in [2.24, 2.45) is 0 Å². The lowest BCUT2D eigenvalue weighted by atomic mass is 9.87. The first-order valence-electron chi connectivity index (χ1n) is 6.78. The van der Waals surface area contributed by atoms with Gasteiger partial charge in [-0.15, -0.1) is 0 Å². The molecule has 0 bridgehead atoms. The van der Waals surface area contributed by atoms with Crippen LogP contribution in [0, 0.1) is 0 Å². The van der Waals surface area contributed by atoms with Gasteiger partial charge >= 0.3 is 0 Å². The first kappa shape index (κ1) is 14.5. The number of aromatic hydroxyl groups is 2. The summed E-state index contributed by atoms with van der Waals surface area (Å²) >= 11 is 12.5. The highest BCUT2D eigenvalue weighted by Gasteiger charge is 2.29. The lowest BCUT2D eigenvalue weighted by Gasteiger charge is -2.21. The maximum atomic E-state index is 10.0. The van der Waals surface area contributed by atoms with Crippen LogP contribution in [0.4, 0.5) is 0 Å². The smallest absolute Gasteiger partial charge is 0.178 e. The zero-order valence-corrected chi connectivity index (χ0v) is 12.7. The zero-order valence-electron chi connectivity index (χ0n) is 11.2. The van der Waals surface area contributed by atoms with Gasteiger partial charge in [-0.25, -0.2) is 0 Å². The minimum absolute atomic E-state index is 0.0137. The summed E-state index contributed by atoms with van der Waals surface area (Å²) in [5, 5.41) is 23.6. The molecule has 3 nitrogen and oxygen atoms in total. The fraction of sp³-hybridized carbons (Fsp3) is 0.250. The molecule has 0 saturated carbocycles. The van der Waals surface area contributed by atoms with Crippen LogP contribution in [0.5, 0.6) is 11.5 Å². The lowest BCUT2D eigenvalue weighted by molar-refractivity contribution is 0.403. The summed E-state index contributed by atoms with van der Waals surface area (Å²) in [5.41, 5.74) is 2.69. The molecule has 1 aliphatic rings. The summed E-state index contributed by atoms with van der Waals surface area (Å²) in [4.78, 5) is 0. The SMILES string of the molecule is Oc1c(O)c(Cl)c2c(c1Cl)CCNCC2c1ccccc1. The van der Waals surface area contributed by atoms with Gasteiger partial charge < -0.3 is 15.5 Å². The number of benzene rings is 2. The molecule has 2 aromatic carbocycles. The third-order valence-electron chi connectivity index (χ3n) is 3.92. The maximum Gasteiger partial charge on any atom is 0.178 e. The van der Waals surface area contributed by atoms with Crippen LogP contribution in [-0.4, -0.2) is 23.3 Å². The van der Waals surface area contributed by atoms with Crippen LogP contribution in [-0.2, 0) is 6.42 Å². The molecule has 1 atom stereocenters. The van der Waals surface area contributed by atoms with Crippen molar-refractivity contribution in [1.82, 2.24) is 5.32 Å². The molecule has 0 amide bonds. The normalized spacial score (nSPS) is 18.1. The Balaban J connectivity index is 2.25. The number of hydrogen-bond donors (Lipinski definition) is 3. The Kier molecular flexibility index (Phi) is 3.98. The second kappa shape index (κ2) is 5.76. The van der Waals surface area contributed by atoms with E-state index in [0.717, 1.165) is 23.2 Å². The van der Waals surface area contributed by atoms with Crippen molar-refractivity contribution in [2.45, 2.75) is 12.3 Å². The molecule has 0 spiro atoms. The van der Waals surface area contributed by atoms with Gasteiger partial charge in [-0.2, -0.15) is 0 Å². The lowest BCUT2D eigenvalue weighted by Crippen LogP contribution is -2.21. The molecule has 0 aliphatic carbocycles. The highest BCUT2D eigenvalue weighted by Crippen LogP contribution is 2.48. The fourth-order valence-corrected chi connectivity index (χ4v) is 3.49. The fourth-order valence-electron chi connectivity index (χ4n) is 2.87. The van der Waals surface area contributed by atoms with Gasteiger partial charge in [0.25, 0.3) is 0 Å². The van der Waals surface area contributed by atoms with Gasteiger partial charge in [0, 0.05) is 12.5 Å². The summed E-state index contributed by atoms with van der Waals surface area (Å²) in [6.07, 6.45) is 0.658. The van der Waals surface area contributed by atoms with Gasteiger partial charge in [-0.1, -0.05) is 53.5 Å². The van der Waals surface area contributed by atoms with Crippen LogP contribution in [0.25, 0.3) is 0 Å². The molecule has 3 rings (SSSR count). The van der Waals surface area contributed by atoms with E-state index in [2.05, 4.69) is 5.32 Å². The van der Waals surface area contributed by atoms with E-state index in [1.54, 1.807) is 0 Å². The monoisotopic (exact) mass is 323 g/mol. The zero-order chi connectivity index (χ0) is 15.0. The standard InChI is InChI=1S/C16H15Cl2NO2/c17-13-10-6-7-19-8-11(9-4-2-1-3-5-9)12(10)14(18)16(21)15(13)20/h1-5,11,19-21H,6-8H2. The molecule has 5 heteroatoms. The summed E-state index contributed by atoms with van der Waals surface area (Å²) in [6.45, 7) is 1.45. The Hall–Kier alpha value is -1.42. The average molecular weight is 324 g/mol. The summed E-state index contributed by atoms with van der Waals surface area (Å²) in [5.74, 6) is -0.697. The Morgan fingerprint density at radius 1 is 1.00 bits per heavy atom. The van der Waals surface area contributed by atoms with Crippen LogP contribution in [0.15, 0.2) is 30.3 Å². The van der Waals surface area contributed by atoms with Crippen molar-refractivity contribution in [2.75, 3.05) is 13.1 Å². The van der Waals surface area contributed by atoms with Crippen LogP contribution >= 0.6 is 23.2 Å². The number of halogens is 2. The Bertz CT molecular complexity index is 674. The van der Waals surface area contributed by atoms with Crippen molar-refractivity contribution < 1.29 is 10.2 Å². The summed E-state index contributed by atoms with van der Waals surface area (Å²) < 4.78 is 0. The van der Waals surface area contributed by atoms with Gasteiger partial charge in [-0.3, -0.25) is 0 Å². The number of phenolic OH excluding ortho intramolecular Hbond substituents is 2. The second-order valence-electron chi connectivity index (χ2n) is 5.13. The van der Waals surface area contributed by atoms with E-state index in [0.29, 0.717) is 13.0 Å². The number of fused-ring (bicyclic) bond motifs is 1. The van der Waals surface area contributed by atoms with E-state index < -0.39 is 0 Å². The molecular formula is C16H15Cl2NO2. The molecule has 1 aliphatic heterocycles. The summed E-state index contributed by atoms with van der Waals surface area (Å²) in [6, 6.07) is 9.94. The third kappa shape index (κ3) is 2.46. The highest BCUT2D eigenvalue weighted by atomic mass is 35.5. The third-order valence-corrected chi connectivity index (χ3v) is 4.71. The van der Waals surface area contributed by atoms with Crippen molar-refractivity contribution in [1.29, 1.82) is 0 Å². The van der Waals surface area contributed by atoms with E-state index in [-0.39, 0.29) is 27.5 Å². The van der Waals surface area contributed by atoms with Crippen LogP contribution in [0.1, 0.15) is 22.6 Å². The first-order chi connectivity index (χ1) is 10.1. The average Bonchev–Trinajstić information content (AvgIpc) is 2.74. The van der Waals surface area contributed by atoms with Gasteiger partial charge in [0.2, 0.25) is 0 Å². The Morgan fingerprint density at radius 2 is 1.67 bits per heavy atom. The van der Waals surface area contributed by atoms with E-state index in [4.69, 9.17) is 23.2 Å². The molecule has 3 N–H and O–H groups in total. The predicted molar refractivity (Wildman–Crippen MR) is 84.7 cm³/mol. The molecule has 21 heavy (non-hydrogen) atoms. The van der Waals surface area contributed by atoms with Crippen molar-refractivity contribution >= 4 is 23.2 Å².